The summed E-state index contributed by atoms with van der Waals surface area (Å²) in [5, 5.41) is 27.2. The Morgan fingerprint density at radius 2 is 2.13 bits per heavy atom. The van der Waals surface area contributed by atoms with Crippen molar-refractivity contribution in [1.82, 2.24) is 0 Å². The summed E-state index contributed by atoms with van der Waals surface area (Å²) < 4.78 is 13.9. The highest BCUT2D eigenvalue weighted by atomic mass is 79.9. The van der Waals surface area contributed by atoms with Crippen molar-refractivity contribution < 1.29 is 14.6 Å². The fourth-order valence-corrected chi connectivity index (χ4v) is 1.49. The van der Waals surface area contributed by atoms with Gasteiger partial charge in [0.1, 0.15) is 11.9 Å². The van der Waals surface area contributed by atoms with E-state index in [1.54, 1.807) is 12.1 Å². The molecule has 0 aromatic heterocycles. The third-order valence-electron chi connectivity index (χ3n) is 1.95. The fourth-order valence-electron chi connectivity index (χ4n) is 1.15. The molecule has 0 saturated carbocycles. The summed E-state index contributed by atoms with van der Waals surface area (Å²) in [4.78, 5) is 0. The number of hydrogen-bond donors (Lipinski definition) is 2. The first kappa shape index (κ1) is 12.1. The van der Waals surface area contributed by atoms with Crippen LogP contribution in [0.15, 0.2) is 22.7 Å². The predicted molar refractivity (Wildman–Crippen MR) is 55.3 cm³/mol. The fraction of sp³-hybridized carbons (Fsp3) is 0.300. The number of aliphatic hydroxyl groups excluding tert-OH is 2. The van der Waals surface area contributed by atoms with Crippen LogP contribution in [0.3, 0.4) is 0 Å². The lowest BCUT2D eigenvalue weighted by Gasteiger charge is -2.16. The average Bonchev–Trinajstić information content (AvgIpc) is 2.17. The Morgan fingerprint density at radius 3 is 2.67 bits per heavy atom. The minimum absolute atomic E-state index is 0.0130. The van der Waals surface area contributed by atoms with Crippen molar-refractivity contribution in [3.05, 3.63) is 34.1 Å². The van der Waals surface area contributed by atoms with Crippen molar-refractivity contribution in [3.63, 3.8) is 0 Å². The van der Waals surface area contributed by atoms with Crippen molar-refractivity contribution in [2.75, 3.05) is 0 Å². The van der Waals surface area contributed by atoms with Crippen molar-refractivity contribution in [2.45, 2.75) is 18.6 Å². The summed E-state index contributed by atoms with van der Waals surface area (Å²) in [5.41, 5.74) is -0.0130. The third-order valence-corrected chi connectivity index (χ3v) is 2.44. The first-order valence-electron chi connectivity index (χ1n) is 4.24. The molecule has 0 heterocycles. The standard InChI is InChI=1S/C10H9BrFNO2/c11-6-1-2-7(8(12)5-6)10(15)9(14)3-4-13/h1-2,5,9-10,14-15H,3H2. The van der Waals surface area contributed by atoms with Crippen LogP contribution < -0.4 is 0 Å². The molecule has 0 saturated heterocycles. The molecule has 15 heavy (non-hydrogen) atoms. The van der Waals surface area contributed by atoms with Crippen LogP contribution in [0.1, 0.15) is 18.1 Å². The minimum Gasteiger partial charge on any atom is -0.389 e. The van der Waals surface area contributed by atoms with Gasteiger partial charge in [-0.25, -0.2) is 4.39 Å². The van der Waals surface area contributed by atoms with Crippen LogP contribution in [0.5, 0.6) is 0 Å². The Morgan fingerprint density at radius 1 is 1.47 bits per heavy atom. The zero-order valence-corrected chi connectivity index (χ0v) is 9.28. The van der Waals surface area contributed by atoms with Gasteiger partial charge in [0.2, 0.25) is 0 Å². The second-order valence-electron chi connectivity index (χ2n) is 3.04. The first-order valence-corrected chi connectivity index (χ1v) is 5.03. The zero-order valence-electron chi connectivity index (χ0n) is 7.69. The highest BCUT2D eigenvalue weighted by Crippen LogP contribution is 2.24. The van der Waals surface area contributed by atoms with E-state index < -0.39 is 18.0 Å². The molecule has 0 spiro atoms. The predicted octanol–water partition coefficient (Wildman–Crippen LogP) is 1.90. The van der Waals surface area contributed by atoms with Crippen molar-refractivity contribution in [3.8, 4) is 6.07 Å². The smallest absolute Gasteiger partial charge is 0.130 e. The van der Waals surface area contributed by atoms with E-state index >= 15 is 0 Å². The molecule has 0 fully saturated rings. The Labute approximate surface area is 94.9 Å². The molecule has 3 nitrogen and oxygen atoms in total. The van der Waals surface area contributed by atoms with Crippen LogP contribution in [0.25, 0.3) is 0 Å². The van der Waals surface area contributed by atoms with Gasteiger partial charge in [0.05, 0.1) is 18.6 Å². The van der Waals surface area contributed by atoms with Crippen LogP contribution in [0, 0.1) is 17.1 Å². The van der Waals surface area contributed by atoms with Gasteiger partial charge in [0.25, 0.3) is 0 Å². The highest BCUT2D eigenvalue weighted by Gasteiger charge is 2.21. The van der Waals surface area contributed by atoms with Crippen molar-refractivity contribution in [1.29, 1.82) is 5.26 Å². The van der Waals surface area contributed by atoms with E-state index in [4.69, 9.17) is 5.26 Å². The Balaban J connectivity index is 2.91. The molecular weight excluding hydrogens is 265 g/mol. The summed E-state index contributed by atoms with van der Waals surface area (Å²) >= 11 is 3.08. The summed E-state index contributed by atoms with van der Waals surface area (Å²) in [7, 11) is 0. The Bertz CT molecular complexity index is 391. The van der Waals surface area contributed by atoms with E-state index in [0.29, 0.717) is 4.47 Å². The Hall–Kier alpha value is -0.960. The third kappa shape index (κ3) is 2.99. The molecule has 1 aromatic carbocycles. The summed E-state index contributed by atoms with van der Waals surface area (Å²) in [5.74, 6) is -0.617. The van der Waals surface area contributed by atoms with Gasteiger partial charge in [-0.3, -0.25) is 0 Å². The maximum atomic E-state index is 13.3. The normalized spacial score (nSPS) is 14.3. The van der Waals surface area contributed by atoms with Crippen molar-refractivity contribution >= 4 is 15.9 Å². The molecule has 0 aliphatic rings. The van der Waals surface area contributed by atoms with E-state index in [2.05, 4.69) is 15.9 Å². The second-order valence-corrected chi connectivity index (χ2v) is 3.96. The van der Waals surface area contributed by atoms with Gasteiger partial charge in [0, 0.05) is 10.0 Å². The van der Waals surface area contributed by atoms with Crippen LogP contribution in [0.2, 0.25) is 0 Å². The molecule has 1 rings (SSSR count). The first-order chi connectivity index (χ1) is 7.06. The molecule has 0 aliphatic carbocycles. The van der Waals surface area contributed by atoms with E-state index in [-0.39, 0.29) is 12.0 Å². The molecule has 2 unspecified atom stereocenters. The average molecular weight is 274 g/mol. The quantitative estimate of drug-likeness (QED) is 0.884. The second kappa shape index (κ2) is 5.21. The molecular formula is C10H9BrFNO2. The van der Waals surface area contributed by atoms with Gasteiger partial charge in [0.15, 0.2) is 0 Å². The number of nitrogens with zero attached hydrogens (tertiary/aromatic N) is 1. The minimum atomic E-state index is -1.38. The topological polar surface area (TPSA) is 64.2 Å². The van der Waals surface area contributed by atoms with Crippen LogP contribution in [0.4, 0.5) is 4.39 Å². The largest absolute Gasteiger partial charge is 0.389 e. The van der Waals surface area contributed by atoms with Crippen LogP contribution in [-0.4, -0.2) is 16.3 Å². The Kier molecular flexibility index (Phi) is 4.21. The van der Waals surface area contributed by atoms with Gasteiger partial charge in [-0.2, -0.15) is 5.26 Å². The monoisotopic (exact) mass is 273 g/mol. The number of nitriles is 1. The molecule has 2 N–H and O–H groups in total. The molecule has 5 heteroatoms. The maximum Gasteiger partial charge on any atom is 0.130 e. The van der Waals surface area contributed by atoms with Gasteiger partial charge in [-0.1, -0.05) is 22.0 Å². The number of hydrogen-bond acceptors (Lipinski definition) is 3. The molecule has 80 valence electrons. The van der Waals surface area contributed by atoms with Crippen LogP contribution >= 0.6 is 15.9 Å². The molecule has 2 atom stereocenters. The van der Waals surface area contributed by atoms with E-state index in [1.807, 2.05) is 0 Å². The van der Waals surface area contributed by atoms with Gasteiger partial charge < -0.3 is 10.2 Å². The van der Waals surface area contributed by atoms with Gasteiger partial charge in [-0.05, 0) is 12.1 Å². The van der Waals surface area contributed by atoms with Crippen molar-refractivity contribution in [2.24, 2.45) is 0 Å². The summed E-state index contributed by atoms with van der Waals surface area (Å²) in [6.45, 7) is 0. The summed E-state index contributed by atoms with van der Waals surface area (Å²) in [6, 6.07) is 5.82. The molecule has 0 amide bonds. The lowest BCUT2D eigenvalue weighted by molar-refractivity contribution is 0.0195. The lowest BCUT2D eigenvalue weighted by Crippen LogP contribution is -2.18. The number of halogens is 2. The van der Waals surface area contributed by atoms with E-state index in [9.17, 15) is 14.6 Å². The zero-order chi connectivity index (χ0) is 11.4. The molecule has 0 aliphatic heterocycles. The lowest BCUT2D eigenvalue weighted by atomic mass is 10.0. The van der Waals surface area contributed by atoms with Crippen LogP contribution in [-0.2, 0) is 0 Å². The number of benzene rings is 1. The maximum absolute atomic E-state index is 13.3. The van der Waals surface area contributed by atoms with Gasteiger partial charge in [-0.15, -0.1) is 0 Å². The molecule has 0 radical (unpaired) electrons. The van der Waals surface area contributed by atoms with Gasteiger partial charge >= 0.3 is 0 Å². The van der Waals surface area contributed by atoms with E-state index in [1.165, 1.54) is 12.1 Å². The molecule has 0 bridgehead atoms. The number of rotatable bonds is 3. The summed E-state index contributed by atoms with van der Waals surface area (Å²) in [6.07, 6.45) is -2.89. The molecule has 1 aromatic rings. The highest BCUT2D eigenvalue weighted by molar-refractivity contribution is 9.10. The SMILES string of the molecule is N#CCC(O)C(O)c1ccc(Br)cc1F. The number of aliphatic hydroxyl groups is 2. The van der Waals surface area contributed by atoms with E-state index in [0.717, 1.165) is 0 Å².